The van der Waals surface area contributed by atoms with Gasteiger partial charge in [-0.05, 0) is 54.6 Å². The van der Waals surface area contributed by atoms with Gasteiger partial charge in [-0.15, -0.1) is 0 Å². The summed E-state index contributed by atoms with van der Waals surface area (Å²) < 4.78 is 27.4. The third-order valence-electron chi connectivity index (χ3n) is 5.87. The predicted octanol–water partition coefficient (Wildman–Crippen LogP) is 3.95. The van der Waals surface area contributed by atoms with Gasteiger partial charge in [0.25, 0.3) is 5.56 Å². The largest absolute Gasteiger partial charge is 0.377 e. The zero-order valence-electron chi connectivity index (χ0n) is 17.6. The van der Waals surface area contributed by atoms with Crippen LogP contribution in [0.3, 0.4) is 0 Å². The number of carbonyl (C=O) groups is 1. The standard InChI is InChI=1S/C24H22F2N4O2/c1-15-3-6-19(26)23-18(15)14-17(28-24(23)32)5-8-22(31)30-11-9-29(10-12-30)21-7-4-16(25)13-20(21)27-2/h3-4,6-7,13-14H,5,8-12H2,1H3,(H,28,32). The molecule has 0 atom stereocenters. The highest BCUT2D eigenvalue weighted by atomic mass is 19.1. The van der Waals surface area contributed by atoms with Crippen molar-refractivity contribution in [3.05, 3.63) is 81.1 Å². The number of benzene rings is 2. The lowest BCUT2D eigenvalue weighted by atomic mass is 10.0. The number of amides is 1. The van der Waals surface area contributed by atoms with Crippen molar-refractivity contribution in [2.45, 2.75) is 19.8 Å². The summed E-state index contributed by atoms with van der Waals surface area (Å²) in [6, 6.07) is 8.80. The molecule has 0 radical (unpaired) electrons. The Bertz CT molecular complexity index is 1290. The van der Waals surface area contributed by atoms with Gasteiger partial charge in [-0.3, -0.25) is 9.59 Å². The van der Waals surface area contributed by atoms with Crippen molar-refractivity contribution in [1.29, 1.82) is 0 Å². The van der Waals surface area contributed by atoms with E-state index in [9.17, 15) is 18.4 Å². The lowest BCUT2D eigenvalue weighted by Gasteiger charge is -2.36. The van der Waals surface area contributed by atoms with Gasteiger partial charge < -0.3 is 14.8 Å². The van der Waals surface area contributed by atoms with E-state index in [1.807, 2.05) is 11.8 Å². The van der Waals surface area contributed by atoms with Crippen LogP contribution in [0.4, 0.5) is 20.2 Å². The van der Waals surface area contributed by atoms with Crippen LogP contribution in [0.5, 0.6) is 0 Å². The molecule has 1 saturated heterocycles. The number of halogens is 2. The Morgan fingerprint density at radius 2 is 1.88 bits per heavy atom. The lowest BCUT2D eigenvalue weighted by Crippen LogP contribution is -2.48. The Labute approximate surface area is 183 Å². The first-order valence-electron chi connectivity index (χ1n) is 10.4. The quantitative estimate of drug-likeness (QED) is 0.630. The van der Waals surface area contributed by atoms with Crippen LogP contribution >= 0.6 is 0 Å². The van der Waals surface area contributed by atoms with Crippen LogP contribution in [-0.2, 0) is 11.2 Å². The number of piperazine rings is 1. The predicted molar refractivity (Wildman–Crippen MR) is 119 cm³/mol. The molecule has 0 unspecified atom stereocenters. The number of H-pyrrole nitrogens is 1. The van der Waals surface area contributed by atoms with Gasteiger partial charge in [0.2, 0.25) is 11.6 Å². The number of nitrogens with zero attached hydrogens (tertiary/aromatic N) is 3. The Morgan fingerprint density at radius 1 is 1.12 bits per heavy atom. The number of hydrogen-bond donors (Lipinski definition) is 1. The first-order chi connectivity index (χ1) is 15.4. The average molecular weight is 436 g/mol. The van der Waals surface area contributed by atoms with Crippen molar-refractivity contribution in [2.75, 3.05) is 31.1 Å². The molecule has 1 amide bonds. The molecule has 0 spiro atoms. The van der Waals surface area contributed by atoms with Crippen LogP contribution in [-0.4, -0.2) is 42.0 Å². The molecule has 1 aliphatic heterocycles. The van der Waals surface area contributed by atoms with E-state index >= 15 is 0 Å². The molecule has 32 heavy (non-hydrogen) atoms. The number of nitrogens with one attached hydrogen (secondary N) is 1. The van der Waals surface area contributed by atoms with E-state index < -0.39 is 17.2 Å². The number of aromatic nitrogens is 1. The maximum Gasteiger partial charge on any atom is 0.259 e. The molecule has 1 fully saturated rings. The SMILES string of the molecule is [C-]#[N+]c1cc(F)ccc1N1CCN(C(=O)CCc2cc3c(C)ccc(F)c3c(=O)[nH]2)CC1. The summed E-state index contributed by atoms with van der Waals surface area (Å²) in [6.07, 6.45) is 0.569. The minimum absolute atomic E-state index is 0.0360. The molecule has 164 valence electrons. The van der Waals surface area contributed by atoms with Gasteiger partial charge in [0.15, 0.2) is 0 Å². The van der Waals surface area contributed by atoms with Gasteiger partial charge >= 0.3 is 0 Å². The van der Waals surface area contributed by atoms with Crippen molar-refractivity contribution >= 4 is 28.1 Å². The molecule has 1 aromatic heterocycles. The molecule has 3 aromatic rings. The Hall–Kier alpha value is -3.73. The van der Waals surface area contributed by atoms with Crippen molar-refractivity contribution in [3.8, 4) is 0 Å². The van der Waals surface area contributed by atoms with Crippen molar-refractivity contribution in [1.82, 2.24) is 9.88 Å². The molecule has 4 rings (SSSR count). The number of rotatable bonds is 4. The molecular formula is C24H22F2N4O2. The fourth-order valence-corrected chi connectivity index (χ4v) is 4.12. The second kappa shape index (κ2) is 8.79. The fraction of sp³-hybridized carbons (Fsp3) is 0.292. The molecule has 0 saturated carbocycles. The molecule has 1 aliphatic rings. The Morgan fingerprint density at radius 3 is 2.59 bits per heavy atom. The smallest absolute Gasteiger partial charge is 0.259 e. The van der Waals surface area contributed by atoms with E-state index in [1.165, 1.54) is 18.2 Å². The summed E-state index contributed by atoms with van der Waals surface area (Å²) in [5, 5.41) is 0.593. The van der Waals surface area contributed by atoms with E-state index in [2.05, 4.69) is 9.83 Å². The zero-order chi connectivity index (χ0) is 22.8. The van der Waals surface area contributed by atoms with Crippen LogP contribution in [0.25, 0.3) is 15.6 Å². The summed E-state index contributed by atoms with van der Waals surface area (Å²) in [6.45, 7) is 11.1. The van der Waals surface area contributed by atoms with E-state index in [1.54, 1.807) is 23.1 Å². The topological polar surface area (TPSA) is 60.8 Å². The number of fused-ring (bicyclic) bond motifs is 1. The minimum Gasteiger partial charge on any atom is -0.377 e. The first-order valence-corrected chi connectivity index (χ1v) is 10.4. The fourth-order valence-electron chi connectivity index (χ4n) is 4.12. The van der Waals surface area contributed by atoms with Crippen molar-refractivity contribution < 1.29 is 13.6 Å². The minimum atomic E-state index is -0.560. The van der Waals surface area contributed by atoms with Crippen molar-refractivity contribution in [3.63, 3.8) is 0 Å². The van der Waals surface area contributed by atoms with Crippen LogP contribution in [0.1, 0.15) is 17.7 Å². The lowest BCUT2D eigenvalue weighted by molar-refractivity contribution is -0.131. The second-order valence-electron chi connectivity index (χ2n) is 7.89. The number of carbonyl (C=O) groups excluding carboxylic acids is 1. The zero-order valence-corrected chi connectivity index (χ0v) is 17.6. The summed E-state index contributed by atoms with van der Waals surface area (Å²) >= 11 is 0. The number of aromatic amines is 1. The number of aryl methyl sites for hydroxylation is 2. The van der Waals surface area contributed by atoms with Crippen molar-refractivity contribution in [2.24, 2.45) is 0 Å². The number of anilines is 1. The normalized spacial score (nSPS) is 13.9. The third kappa shape index (κ3) is 4.19. The highest BCUT2D eigenvalue weighted by molar-refractivity contribution is 5.85. The summed E-state index contributed by atoms with van der Waals surface area (Å²) in [5.74, 6) is -1.04. The van der Waals surface area contributed by atoms with Gasteiger partial charge in [-0.2, -0.15) is 0 Å². The molecular weight excluding hydrogens is 414 g/mol. The van der Waals surface area contributed by atoms with E-state index in [-0.39, 0.29) is 23.4 Å². The monoisotopic (exact) mass is 436 g/mol. The average Bonchev–Trinajstić information content (AvgIpc) is 2.79. The molecule has 2 aromatic carbocycles. The number of hydrogen-bond acceptors (Lipinski definition) is 3. The Balaban J connectivity index is 1.40. The van der Waals surface area contributed by atoms with Gasteiger partial charge in [0, 0.05) is 44.0 Å². The maximum absolute atomic E-state index is 14.0. The van der Waals surface area contributed by atoms with Crippen LogP contribution < -0.4 is 10.5 Å². The maximum atomic E-state index is 14.0. The van der Waals surface area contributed by atoms with E-state index in [0.29, 0.717) is 49.4 Å². The summed E-state index contributed by atoms with van der Waals surface area (Å²) in [5.41, 5.74) is 1.84. The van der Waals surface area contributed by atoms with Crippen LogP contribution in [0.15, 0.2) is 41.2 Å². The highest BCUT2D eigenvalue weighted by Gasteiger charge is 2.23. The molecule has 0 bridgehead atoms. The highest BCUT2D eigenvalue weighted by Crippen LogP contribution is 2.30. The molecule has 1 N–H and O–H groups in total. The van der Waals surface area contributed by atoms with Gasteiger partial charge in [-0.25, -0.2) is 13.6 Å². The summed E-state index contributed by atoms with van der Waals surface area (Å²) in [7, 11) is 0. The van der Waals surface area contributed by atoms with Gasteiger partial charge in [-0.1, -0.05) is 6.07 Å². The molecule has 8 heteroatoms. The third-order valence-corrected chi connectivity index (χ3v) is 5.87. The van der Waals surface area contributed by atoms with Gasteiger partial charge in [0.05, 0.1) is 12.0 Å². The Kier molecular flexibility index (Phi) is 5.91. The molecule has 2 heterocycles. The first kappa shape index (κ1) is 21.5. The second-order valence-corrected chi connectivity index (χ2v) is 7.89. The summed E-state index contributed by atoms with van der Waals surface area (Å²) in [4.78, 5) is 34.9. The van der Waals surface area contributed by atoms with Crippen LogP contribution in [0.2, 0.25) is 0 Å². The molecule has 6 nitrogen and oxygen atoms in total. The number of pyridine rings is 1. The van der Waals surface area contributed by atoms with E-state index in [0.717, 1.165) is 5.56 Å². The van der Waals surface area contributed by atoms with Gasteiger partial charge in [0.1, 0.15) is 11.6 Å². The van der Waals surface area contributed by atoms with Crippen LogP contribution in [0, 0.1) is 25.1 Å². The molecule has 0 aliphatic carbocycles. The van der Waals surface area contributed by atoms with E-state index in [4.69, 9.17) is 6.57 Å².